The van der Waals surface area contributed by atoms with Crippen molar-refractivity contribution in [3.8, 4) is 28.7 Å². The van der Waals surface area contributed by atoms with Gasteiger partial charge in [0.25, 0.3) is 0 Å². The van der Waals surface area contributed by atoms with E-state index in [0.717, 1.165) is 5.56 Å². The van der Waals surface area contributed by atoms with E-state index >= 15 is 0 Å². The summed E-state index contributed by atoms with van der Waals surface area (Å²) in [6.07, 6.45) is 0. The van der Waals surface area contributed by atoms with E-state index in [4.69, 9.17) is 18.9 Å². The molecule has 1 fully saturated rings. The molecule has 1 aliphatic heterocycles. The van der Waals surface area contributed by atoms with Crippen molar-refractivity contribution in [2.24, 2.45) is 5.41 Å². The van der Waals surface area contributed by atoms with Crippen molar-refractivity contribution in [1.82, 2.24) is 0 Å². The smallest absolute Gasteiger partial charge is 0.235 e. The Balaban J connectivity index is 2.13. The second-order valence-corrected chi connectivity index (χ2v) is 7.08. The Bertz CT molecular complexity index is 908. The van der Waals surface area contributed by atoms with Gasteiger partial charge in [0.15, 0.2) is 23.0 Å². The summed E-state index contributed by atoms with van der Waals surface area (Å²) in [4.78, 5) is 14.6. The number of hydrogen-bond acceptors (Lipinski definition) is 6. The van der Waals surface area contributed by atoms with Crippen LogP contribution in [0, 0.1) is 5.41 Å². The van der Waals surface area contributed by atoms with Gasteiger partial charge in [-0.05, 0) is 38.1 Å². The van der Waals surface area contributed by atoms with Crippen LogP contribution in [0.3, 0.4) is 0 Å². The molecule has 1 unspecified atom stereocenters. The van der Waals surface area contributed by atoms with Gasteiger partial charge in [-0.2, -0.15) is 0 Å². The van der Waals surface area contributed by atoms with Crippen LogP contribution >= 0.6 is 0 Å². The number of carbonyl (C=O) groups is 1. The lowest BCUT2D eigenvalue weighted by atomic mass is 9.70. The lowest BCUT2D eigenvalue weighted by Gasteiger charge is -2.53. The van der Waals surface area contributed by atoms with Crippen LogP contribution in [-0.2, 0) is 4.79 Å². The van der Waals surface area contributed by atoms with E-state index < -0.39 is 5.41 Å². The number of aromatic hydroxyl groups is 1. The van der Waals surface area contributed by atoms with Crippen LogP contribution < -0.4 is 23.8 Å². The standard InChI is InChI=1S/C21H25NO6/c1-21(2)19(13-8-10-16(26-4)18(28-6)17(13)27-5)22(20(21)24)12-7-9-15(25-3)14(23)11-12/h7-11,19,23H,1-6H3. The minimum Gasteiger partial charge on any atom is -0.504 e. The molecule has 1 amide bonds. The summed E-state index contributed by atoms with van der Waals surface area (Å²) in [5.41, 5.74) is 0.701. The Morgan fingerprint density at radius 2 is 1.50 bits per heavy atom. The maximum atomic E-state index is 12.9. The molecule has 0 aliphatic carbocycles. The van der Waals surface area contributed by atoms with Gasteiger partial charge in [0.05, 0.1) is 39.9 Å². The molecule has 2 aromatic rings. The van der Waals surface area contributed by atoms with Gasteiger partial charge < -0.3 is 29.0 Å². The Hall–Kier alpha value is -3.09. The Morgan fingerprint density at radius 1 is 0.893 bits per heavy atom. The number of β-lactam (4-membered cyclic amide) rings is 1. The van der Waals surface area contributed by atoms with Crippen molar-refractivity contribution >= 4 is 11.6 Å². The van der Waals surface area contributed by atoms with Gasteiger partial charge in [-0.15, -0.1) is 0 Å². The van der Waals surface area contributed by atoms with Crippen LogP contribution in [0.2, 0.25) is 0 Å². The van der Waals surface area contributed by atoms with Crippen LogP contribution in [0.25, 0.3) is 0 Å². The number of hydrogen-bond donors (Lipinski definition) is 1. The normalized spacial score (nSPS) is 17.7. The number of amides is 1. The molecule has 1 N–H and O–H groups in total. The van der Waals surface area contributed by atoms with E-state index in [1.54, 1.807) is 44.4 Å². The van der Waals surface area contributed by atoms with E-state index in [-0.39, 0.29) is 17.7 Å². The van der Waals surface area contributed by atoms with E-state index in [1.807, 2.05) is 19.9 Å². The molecular formula is C21H25NO6. The van der Waals surface area contributed by atoms with Gasteiger partial charge in [0.1, 0.15) is 0 Å². The first kappa shape index (κ1) is 19.7. The maximum absolute atomic E-state index is 12.9. The number of phenols is 1. The number of benzene rings is 2. The van der Waals surface area contributed by atoms with Gasteiger partial charge in [-0.25, -0.2) is 0 Å². The van der Waals surface area contributed by atoms with Crippen molar-refractivity contribution in [2.75, 3.05) is 33.3 Å². The molecular weight excluding hydrogens is 362 g/mol. The first-order valence-corrected chi connectivity index (χ1v) is 8.81. The molecule has 28 heavy (non-hydrogen) atoms. The van der Waals surface area contributed by atoms with Gasteiger partial charge in [0.2, 0.25) is 11.7 Å². The molecule has 1 aliphatic rings. The second-order valence-electron chi connectivity index (χ2n) is 7.08. The van der Waals surface area contributed by atoms with Crippen LogP contribution in [0.5, 0.6) is 28.7 Å². The predicted molar refractivity (Wildman–Crippen MR) is 105 cm³/mol. The minimum absolute atomic E-state index is 0.0319. The van der Waals surface area contributed by atoms with E-state index in [1.165, 1.54) is 13.2 Å². The van der Waals surface area contributed by atoms with Gasteiger partial charge in [-0.3, -0.25) is 4.79 Å². The first-order chi connectivity index (χ1) is 13.3. The first-order valence-electron chi connectivity index (χ1n) is 8.81. The number of ether oxygens (including phenoxy) is 4. The largest absolute Gasteiger partial charge is 0.504 e. The lowest BCUT2D eigenvalue weighted by Crippen LogP contribution is -2.61. The van der Waals surface area contributed by atoms with Crippen molar-refractivity contribution in [3.63, 3.8) is 0 Å². The summed E-state index contributed by atoms with van der Waals surface area (Å²) >= 11 is 0. The van der Waals surface area contributed by atoms with Crippen molar-refractivity contribution in [1.29, 1.82) is 0 Å². The van der Waals surface area contributed by atoms with E-state index in [9.17, 15) is 9.90 Å². The zero-order chi connectivity index (χ0) is 20.6. The molecule has 7 heteroatoms. The second kappa shape index (κ2) is 7.14. The van der Waals surface area contributed by atoms with Crippen molar-refractivity contribution < 1.29 is 28.8 Å². The number of rotatable bonds is 6. The summed E-state index contributed by atoms with van der Waals surface area (Å²) in [6.45, 7) is 3.77. The van der Waals surface area contributed by atoms with Crippen LogP contribution in [0.1, 0.15) is 25.5 Å². The molecule has 1 atom stereocenters. The molecule has 0 aromatic heterocycles. The zero-order valence-electron chi connectivity index (χ0n) is 16.9. The molecule has 3 rings (SSSR count). The summed E-state index contributed by atoms with van der Waals surface area (Å²) in [7, 11) is 6.13. The number of nitrogens with zero attached hydrogens (tertiary/aromatic N) is 1. The van der Waals surface area contributed by atoms with Gasteiger partial charge in [-0.1, -0.05) is 0 Å². The molecule has 2 aromatic carbocycles. The Morgan fingerprint density at radius 3 is 2.04 bits per heavy atom. The number of anilines is 1. The fourth-order valence-corrected chi connectivity index (χ4v) is 3.76. The number of phenolic OH excluding ortho intramolecular Hbond substituents is 1. The molecule has 7 nitrogen and oxygen atoms in total. The maximum Gasteiger partial charge on any atom is 0.235 e. The zero-order valence-corrected chi connectivity index (χ0v) is 16.9. The third-order valence-corrected chi connectivity index (χ3v) is 5.18. The Kier molecular flexibility index (Phi) is 5.02. The van der Waals surface area contributed by atoms with Crippen LogP contribution in [-0.4, -0.2) is 39.5 Å². The topological polar surface area (TPSA) is 77.5 Å². The molecule has 0 bridgehead atoms. The molecule has 1 saturated heterocycles. The third-order valence-electron chi connectivity index (χ3n) is 5.18. The monoisotopic (exact) mass is 387 g/mol. The average Bonchev–Trinajstić information content (AvgIpc) is 2.70. The molecule has 1 heterocycles. The van der Waals surface area contributed by atoms with E-state index in [0.29, 0.717) is 28.7 Å². The highest BCUT2D eigenvalue weighted by Gasteiger charge is 2.56. The predicted octanol–water partition coefficient (Wildman–Crippen LogP) is 3.54. The van der Waals surface area contributed by atoms with Crippen LogP contribution in [0.4, 0.5) is 5.69 Å². The molecule has 150 valence electrons. The van der Waals surface area contributed by atoms with Crippen molar-refractivity contribution in [2.45, 2.75) is 19.9 Å². The van der Waals surface area contributed by atoms with Gasteiger partial charge in [0, 0.05) is 17.3 Å². The van der Waals surface area contributed by atoms with E-state index in [2.05, 4.69) is 0 Å². The Labute approximate surface area is 164 Å². The summed E-state index contributed by atoms with van der Waals surface area (Å²) < 4.78 is 21.6. The molecule has 0 saturated carbocycles. The lowest BCUT2D eigenvalue weighted by molar-refractivity contribution is -0.137. The SMILES string of the molecule is COc1ccc(N2C(=O)C(C)(C)C2c2ccc(OC)c(OC)c2OC)cc1O. The molecule has 0 spiro atoms. The highest BCUT2D eigenvalue weighted by atomic mass is 16.5. The average molecular weight is 387 g/mol. The fraction of sp³-hybridized carbons (Fsp3) is 0.381. The highest BCUT2D eigenvalue weighted by Crippen LogP contribution is 2.56. The number of carbonyl (C=O) groups excluding carboxylic acids is 1. The summed E-state index contributed by atoms with van der Waals surface area (Å²) in [5, 5.41) is 10.2. The van der Waals surface area contributed by atoms with Gasteiger partial charge >= 0.3 is 0 Å². The molecule has 0 radical (unpaired) electrons. The quantitative estimate of drug-likeness (QED) is 0.764. The minimum atomic E-state index is -0.664. The van der Waals surface area contributed by atoms with Crippen LogP contribution in [0.15, 0.2) is 30.3 Å². The van der Waals surface area contributed by atoms with Crippen molar-refractivity contribution in [3.05, 3.63) is 35.9 Å². The summed E-state index contributed by atoms with van der Waals surface area (Å²) in [5.74, 6) is 1.77. The summed E-state index contributed by atoms with van der Waals surface area (Å²) in [6, 6.07) is 8.24. The number of methoxy groups -OCH3 is 4. The third kappa shape index (κ3) is 2.78. The fourth-order valence-electron chi connectivity index (χ4n) is 3.76. The highest BCUT2D eigenvalue weighted by molar-refractivity contribution is 6.06.